The molecule has 3 rings (SSSR count). The van der Waals surface area contributed by atoms with E-state index < -0.39 is 5.82 Å². The fraction of sp³-hybridized carbons (Fsp3) is 0. The van der Waals surface area contributed by atoms with Crippen molar-refractivity contribution >= 4 is 44.9 Å². The Balaban J connectivity index is 2.32. The van der Waals surface area contributed by atoms with Gasteiger partial charge in [0.1, 0.15) is 23.3 Å². The molecule has 3 aromatic rings. The Hall–Kier alpha value is -2.13. The van der Waals surface area contributed by atoms with E-state index >= 15 is 0 Å². The first kappa shape index (κ1) is 17.7. The molecule has 0 aliphatic heterocycles. The molecule has 0 fully saturated rings. The molecule has 124 valence electrons. The third-order valence-electron chi connectivity index (χ3n) is 3.58. The lowest BCUT2D eigenvalue weighted by atomic mass is 9.98. The van der Waals surface area contributed by atoms with E-state index in [-0.39, 0.29) is 16.9 Å². The number of hydrogen-bond acceptors (Lipinski definition) is 3. The summed E-state index contributed by atoms with van der Waals surface area (Å²) in [5.74, 6) is -0.487. The number of nitrogens with zero attached hydrogens (tertiary/aromatic N) is 2. The Labute approximate surface area is 162 Å². The van der Waals surface area contributed by atoms with Crippen molar-refractivity contribution in [3.63, 3.8) is 0 Å². The molecule has 0 aliphatic rings. The summed E-state index contributed by atoms with van der Waals surface area (Å²) >= 11 is 15.6. The number of pyridine rings is 1. The monoisotopic (exact) mass is 435 g/mol. The van der Waals surface area contributed by atoms with Gasteiger partial charge in [-0.2, -0.15) is 5.26 Å². The van der Waals surface area contributed by atoms with Crippen LogP contribution in [-0.2, 0) is 0 Å². The summed E-state index contributed by atoms with van der Waals surface area (Å²) in [6, 6.07) is 12.9. The number of nitriles is 1. The predicted octanol–water partition coefficient (Wildman–Crippen LogP) is 6.08. The lowest BCUT2D eigenvalue weighted by molar-refractivity contribution is 0.631. The zero-order chi connectivity index (χ0) is 18.1. The number of nitrogens with two attached hydrogens (primary N) is 1. The number of halogens is 4. The van der Waals surface area contributed by atoms with Gasteiger partial charge in [-0.1, -0.05) is 39.1 Å². The van der Waals surface area contributed by atoms with Crippen molar-refractivity contribution in [1.29, 1.82) is 5.26 Å². The average Bonchev–Trinajstić information content (AvgIpc) is 2.58. The van der Waals surface area contributed by atoms with Gasteiger partial charge in [-0.3, -0.25) is 0 Å². The largest absolute Gasteiger partial charge is 0.383 e. The minimum absolute atomic E-state index is 0.00887. The molecule has 0 aliphatic carbocycles. The van der Waals surface area contributed by atoms with Crippen molar-refractivity contribution in [3.05, 3.63) is 68.4 Å². The molecular weight excluding hydrogens is 428 g/mol. The third-order valence-corrected chi connectivity index (χ3v) is 4.64. The van der Waals surface area contributed by atoms with Crippen LogP contribution in [-0.4, -0.2) is 4.98 Å². The van der Waals surface area contributed by atoms with Crippen LogP contribution in [0, 0.1) is 17.1 Å². The highest BCUT2D eigenvalue weighted by Crippen LogP contribution is 2.36. The maximum Gasteiger partial charge on any atom is 0.142 e. The van der Waals surface area contributed by atoms with Crippen LogP contribution >= 0.6 is 39.1 Å². The summed E-state index contributed by atoms with van der Waals surface area (Å²) in [5.41, 5.74) is 7.55. The molecular formula is C18H9BrCl2FN3. The first-order chi connectivity index (χ1) is 11.9. The van der Waals surface area contributed by atoms with Crippen LogP contribution in [0.4, 0.5) is 10.2 Å². The summed E-state index contributed by atoms with van der Waals surface area (Å²) in [6.45, 7) is 0. The first-order valence-corrected chi connectivity index (χ1v) is 8.57. The maximum atomic E-state index is 14.3. The molecule has 25 heavy (non-hydrogen) atoms. The van der Waals surface area contributed by atoms with E-state index in [1.807, 2.05) is 6.07 Å². The van der Waals surface area contributed by atoms with Gasteiger partial charge in [-0.25, -0.2) is 9.37 Å². The second-order valence-electron chi connectivity index (χ2n) is 5.18. The smallest absolute Gasteiger partial charge is 0.142 e. The van der Waals surface area contributed by atoms with Crippen LogP contribution in [0.25, 0.3) is 22.4 Å². The van der Waals surface area contributed by atoms with Crippen molar-refractivity contribution in [3.8, 4) is 28.5 Å². The Bertz CT molecular complexity index is 1030. The molecule has 0 amide bonds. The highest BCUT2D eigenvalue weighted by atomic mass is 79.9. The summed E-state index contributed by atoms with van der Waals surface area (Å²) in [4.78, 5) is 4.23. The fourth-order valence-electron chi connectivity index (χ4n) is 2.43. The molecule has 0 unspecified atom stereocenters. The summed E-state index contributed by atoms with van der Waals surface area (Å²) < 4.78 is 15.0. The van der Waals surface area contributed by atoms with E-state index in [4.69, 9.17) is 28.9 Å². The lowest BCUT2D eigenvalue weighted by Gasteiger charge is -2.12. The Kier molecular flexibility index (Phi) is 4.96. The number of benzene rings is 2. The molecule has 0 saturated carbocycles. The lowest BCUT2D eigenvalue weighted by Crippen LogP contribution is -2.01. The minimum atomic E-state index is -0.478. The second-order valence-corrected chi connectivity index (χ2v) is 6.93. The van der Waals surface area contributed by atoms with Crippen molar-refractivity contribution in [2.75, 3.05) is 5.73 Å². The number of nitrogen functional groups attached to an aromatic ring is 1. The normalized spacial score (nSPS) is 10.5. The Morgan fingerprint density at radius 2 is 1.80 bits per heavy atom. The quantitative estimate of drug-likeness (QED) is 0.529. The van der Waals surface area contributed by atoms with Gasteiger partial charge in [-0.15, -0.1) is 0 Å². The van der Waals surface area contributed by atoms with Gasteiger partial charge in [0.05, 0.1) is 10.7 Å². The number of hydrogen-bond donors (Lipinski definition) is 1. The van der Waals surface area contributed by atoms with Crippen LogP contribution in [0.2, 0.25) is 10.0 Å². The molecule has 0 radical (unpaired) electrons. The summed E-state index contributed by atoms with van der Waals surface area (Å²) in [7, 11) is 0. The van der Waals surface area contributed by atoms with Crippen LogP contribution in [0.3, 0.4) is 0 Å². The van der Waals surface area contributed by atoms with Crippen molar-refractivity contribution < 1.29 is 4.39 Å². The second kappa shape index (κ2) is 7.01. The molecule has 0 atom stereocenters. The van der Waals surface area contributed by atoms with Crippen molar-refractivity contribution in [2.45, 2.75) is 0 Å². The van der Waals surface area contributed by atoms with Crippen molar-refractivity contribution in [1.82, 2.24) is 4.98 Å². The molecule has 0 spiro atoms. The van der Waals surface area contributed by atoms with E-state index in [0.29, 0.717) is 31.3 Å². The average molecular weight is 437 g/mol. The molecule has 2 aromatic carbocycles. The van der Waals surface area contributed by atoms with E-state index in [1.165, 1.54) is 6.07 Å². The van der Waals surface area contributed by atoms with E-state index in [9.17, 15) is 9.65 Å². The van der Waals surface area contributed by atoms with Crippen LogP contribution in [0.15, 0.2) is 46.9 Å². The molecule has 1 aromatic heterocycles. The van der Waals surface area contributed by atoms with Gasteiger partial charge >= 0.3 is 0 Å². The summed E-state index contributed by atoms with van der Waals surface area (Å²) in [5, 5.41) is 10.3. The zero-order valence-electron chi connectivity index (χ0n) is 12.5. The number of anilines is 1. The topological polar surface area (TPSA) is 62.7 Å². The third kappa shape index (κ3) is 3.47. The van der Waals surface area contributed by atoms with Gasteiger partial charge in [0, 0.05) is 26.2 Å². The van der Waals surface area contributed by atoms with E-state index in [1.54, 1.807) is 36.4 Å². The molecule has 0 saturated heterocycles. The van der Waals surface area contributed by atoms with Gasteiger partial charge in [0.15, 0.2) is 0 Å². The first-order valence-electron chi connectivity index (χ1n) is 7.02. The summed E-state index contributed by atoms with van der Waals surface area (Å²) in [6.07, 6.45) is 0. The SMILES string of the molecule is N#Cc1c(-c2cc(Br)ccc2F)cc(-c2cc(Cl)ccc2Cl)nc1N. The molecule has 1 heterocycles. The minimum Gasteiger partial charge on any atom is -0.383 e. The highest BCUT2D eigenvalue weighted by Gasteiger charge is 2.17. The Morgan fingerprint density at radius 3 is 2.52 bits per heavy atom. The van der Waals surface area contributed by atoms with Gasteiger partial charge in [0.2, 0.25) is 0 Å². The van der Waals surface area contributed by atoms with E-state index in [0.717, 1.165) is 0 Å². The fourth-order valence-corrected chi connectivity index (χ4v) is 3.18. The molecule has 2 N–H and O–H groups in total. The predicted molar refractivity (Wildman–Crippen MR) is 102 cm³/mol. The standard InChI is InChI=1S/C18H9BrCl2FN3/c19-9-1-4-16(22)12(5-9)11-7-17(25-18(24)14(11)8-23)13-6-10(20)2-3-15(13)21/h1-7H,(H2,24,25). The zero-order valence-corrected chi connectivity index (χ0v) is 15.6. The number of aromatic nitrogens is 1. The number of rotatable bonds is 2. The van der Waals surface area contributed by atoms with Gasteiger partial charge in [-0.05, 0) is 42.5 Å². The van der Waals surface area contributed by atoms with Crippen LogP contribution in [0.5, 0.6) is 0 Å². The van der Waals surface area contributed by atoms with Gasteiger partial charge in [0.25, 0.3) is 0 Å². The van der Waals surface area contributed by atoms with Crippen LogP contribution in [0.1, 0.15) is 5.56 Å². The van der Waals surface area contributed by atoms with Crippen molar-refractivity contribution in [2.24, 2.45) is 0 Å². The van der Waals surface area contributed by atoms with E-state index in [2.05, 4.69) is 20.9 Å². The molecule has 7 heteroatoms. The molecule has 0 bridgehead atoms. The maximum absolute atomic E-state index is 14.3. The highest BCUT2D eigenvalue weighted by molar-refractivity contribution is 9.10. The Morgan fingerprint density at radius 1 is 1.04 bits per heavy atom. The molecule has 3 nitrogen and oxygen atoms in total. The van der Waals surface area contributed by atoms with Gasteiger partial charge < -0.3 is 5.73 Å². The van der Waals surface area contributed by atoms with Crippen LogP contribution < -0.4 is 5.73 Å².